The second kappa shape index (κ2) is 6.35. The van der Waals surface area contributed by atoms with Gasteiger partial charge in [-0.3, -0.25) is 4.98 Å². The highest BCUT2D eigenvalue weighted by atomic mass is 79.9. The van der Waals surface area contributed by atoms with E-state index >= 15 is 0 Å². The Morgan fingerprint density at radius 2 is 1.94 bits per heavy atom. The first-order chi connectivity index (χ1) is 8.34. The van der Waals surface area contributed by atoms with Crippen molar-refractivity contribution in [2.75, 3.05) is 6.61 Å². The second-order valence-corrected chi connectivity index (χ2v) is 4.42. The van der Waals surface area contributed by atoms with E-state index in [1.165, 1.54) is 5.56 Å². The van der Waals surface area contributed by atoms with E-state index in [0.717, 1.165) is 17.4 Å². The van der Waals surface area contributed by atoms with Gasteiger partial charge in [0.15, 0.2) is 0 Å². The van der Waals surface area contributed by atoms with Crippen molar-refractivity contribution >= 4 is 15.9 Å². The lowest BCUT2D eigenvalue weighted by atomic mass is 10.1. The molecule has 3 nitrogen and oxygen atoms in total. The Kier molecular flexibility index (Phi) is 4.50. The zero-order valence-electron chi connectivity index (χ0n) is 9.34. The fourth-order valence-electron chi connectivity index (χ4n) is 1.47. The van der Waals surface area contributed by atoms with Gasteiger partial charge in [-0.1, -0.05) is 6.07 Å². The SMILES string of the molecule is Brc1cccc(OCCCc2ccncc2)n1. The molecule has 0 N–H and O–H groups in total. The molecule has 0 atom stereocenters. The zero-order valence-corrected chi connectivity index (χ0v) is 10.9. The molecule has 0 saturated heterocycles. The van der Waals surface area contributed by atoms with Gasteiger partial charge in [0.1, 0.15) is 4.60 Å². The van der Waals surface area contributed by atoms with Crippen LogP contribution >= 0.6 is 15.9 Å². The summed E-state index contributed by atoms with van der Waals surface area (Å²) < 4.78 is 6.35. The maximum Gasteiger partial charge on any atom is 0.214 e. The molecule has 17 heavy (non-hydrogen) atoms. The van der Waals surface area contributed by atoms with Gasteiger partial charge >= 0.3 is 0 Å². The van der Waals surface area contributed by atoms with E-state index in [0.29, 0.717) is 12.5 Å². The number of pyridine rings is 2. The third-order valence-electron chi connectivity index (χ3n) is 2.30. The van der Waals surface area contributed by atoms with Crippen LogP contribution in [0, 0.1) is 0 Å². The van der Waals surface area contributed by atoms with E-state index in [9.17, 15) is 0 Å². The third-order valence-corrected chi connectivity index (χ3v) is 2.74. The number of hydrogen-bond acceptors (Lipinski definition) is 3. The number of aryl methyl sites for hydroxylation is 1. The molecule has 0 bridgehead atoms. The zero-order chi connectivity index (χ0) is 11.9. The summed E-state index contributed by atoms with van der Waals surface area (Å²) in [5.74, 6) is 0.661. The first-order valence-corrected chi connectivity index (χ1v) is 6.28. The van der Waals surface area contributed by atoms with E-state index in [2.05, 4.69) is 25.9 Å². The van der Waals surface area contributed by atoms with E-state index in [1.807, 2.05) is 42.7 Å². The Balaban J connectivity index is 1.73. The summed E-state index contributed by atoms with van der Waals surface area (Å²) in [6.07, 6.45) is 5.59. The van der Waals surface area contributed by atoms with E-state index in [1.54, 1.807) is 0 Å². The van der Waals surface area contributed by atoms with Crippen LogP contribution in [0.2, 0.25) is 0 Å². The Morgan fingerprint density at radius 1 is 1.12 bits per heavy atom. The van der Waals surface area contributed by atoms with Crippen molar-refractivity contribution in [2.24, 2.45) is 0 Å². The number of aromatic nitrogens is 2. The highest BCUT2D eigenvalue weighted by Crippen LogP contribution is 2.12. The van der Waals surface area contributed by atoms with Crippen LogP contribution in [0.1, 0.15) is 12.0 Å². The highest BCUT2D eigenvalue weighted by Gasteiger charge is 1.97. The Hall–Kier alpha value is -1.42. The van der Waals surface area contributed by atoms with Gasteiger partial charge < -0.3 is 4.74 Å². The van der Waals surface area contributed by atoms with Crippen molar-refractivity contribution in [1.82, 2.24) is 9.97 Å². The summed E-state index contributed by atoms with van der Waals surface area (Å²) in [5.41, 5.74) is 1.28. The first kappa shape index (κ1) is 12.0. The van der Waals surface area contributed by atoms with Crippen molar-refractivity contribution in [3.05, 3.63) is 52.9 Å². The minimum absolute atomic E-state index is 0.661. The Morgan fingerprint density at radius 3 is 2.71 bits per heavy atom. The number of nitrogens with zero attached hydrogens (tertiary/aromatic N) is 2. The molecular formula is C13H13BrN2O. The van der Waals surface area contributed by atoms with Crippen LogP contribution in [-0.4, -0.2) is 16.6 Å². The van der Waals surface area contributed by atoms with Gasteiger partial charge in [0.25, 0.3) is 0 Å². The summed E-state index contributed by atoms with van der Waals surface area (Å²) in [6, 6.07) is 9.70. The number of hydrogen-bond donors (Lipinski definition) is 0. The lowest BCUT2D eigenvalue weighted by molar-refractivity contribution is 0.299. The molecule has 0 spiro atoms. The molecule has 2 heterocycles. The average Bonchev–Trinajstić information content (AvgIpc) is 2.36. The molecule has 0 unspecified atom stereocenters. The predicted octanol–water partition coefficient (Wildman–Crippen LogP) is 3.25. The summed E-state index contributed by atoms with van der Waals surface area (Å²) in [5, 5.41) is 0. The van der Waals surface area contributed by atoms with Gasteiger partial charge in [-0.05, 0) is 52.5 Å². The summed E-state index contributed by atoms with van der Waals surface area (Å²) >= 11 is 3.31. The smallest absolute Gasteiger partial charge is 0.214 e. The molecule has 2 aromatic rings. The van der Waals surface area contributed by atoms with Crippen molar-refractivity contribution in [1.29, 1.82) is 0 Å². The van der Waals surface area contributed by atoms with Crippen LogP contribution in [0.25, 0.3) is 0 Å². The number of ether oxygens (including phenoxy) is 1. The molecular weight excluding hydrogens is 280 g/mol. The molecule has 2 rings (SSSR count). The van der Waals surface area contributed by atoms with Crippen LogP contribution < -0.4 is 4.74 Å². The lowest BCUT2D eigenvalue weighted by Crippen LogP contribution is -2.00. The maximum absolute atomic E-state index is 5.55. The van der Waals surface area contributed by atoms with Gasteiger partial charge in [-0.2, -0.15) is 0 Å². The largest absolute Gasteiger partial charge is 0.478 e. The highest BCUT2D eigenvalue weighted by molar-refractivity contribution is 9.10. The minimum atomic E-state index is 0.661. The minimum Gasteiger partial charge on any atom is -0.478 e. The molecule has 0 radical (unpaired) electrons. The van der Waals surface area contributed by atoms with E-state index in [-0.39, 0.29) is 0 Å². The summed E-state index contributed by atoms with van der Waals surface area (Å²) in [7, 11) is 0. The average molecular weight is 293 g/mol. The first-order valence-electron chi connectivity index (χ1n) is 5.49. The van der Waals surface area contributed by atoms with Gasteiger partial charge in [-0.25, -0.2) is 4.98 Å². The molecule has 0 saturated carbocycles. The molecule has 0 aromatic carbocycles. The van der Waals surface area contributed by atoms with Crippen molar-refractivity contribution in [3.63, 3.8) is 0 Å². The van der Waals surface area contributed by atoms with Crippen LogP contribution in [0.4, 0.5) is 0 Å². The lowest BCUT2D eigenvalue weighted by Gasteiger charge is -2.05. The van der Waals surface area contributed by atoms with Gasteiger partial charge in [0.2, 0.25) is 5.88 Å². The van der Waals surface area contributed by atoms with Gasteiger partial charge in [0.05, 0.1) is 6.61 Å². The molecule has 4 heteroatoms. The molecule has 0 fully saturated rings. The maximum atomic E-state index is 5.55. The topological polar surface area (TPSA) is 35.0 Å². The van der Waals surface area contributed by atoms with Crippen molar-refractivity contribution in [3.8, 4) is 5.88 Å². The predicted molar refractivity (Wildman–Crippen MR) is 70.0 cm³/mol. The molecule has 0 aliphatic rings. The fourth-order valence-corrected chi connectivity index (χ4v) is 1.80. The van der Waals surface area contributed by atoms with Gasteiger partial charge in [0, 0.05) is 18.5 Å². The van der Waals surface area contributed by atoms with Crippen molar-refractivity contribution in [2.45, 2.75) is 12.8 Å². The molecule has 2 aromatic heterocycles. The number of halogens is 1. The molecule has 0 amide bonds. The summed E-state index contributed by atoms with van der Waals surface area (Å²) in [4.78, 5) is 8.19. The standard InChI is InChI=1S/C13H13BrN2O/c14-12-4-1-5-13(16-12)17-10-2-3-11-6-8-15-9-7-11/h1,4-9H,2-3,10H2. The third kappa shape index (κ3) is 4.15. The molecule has 0 aliphatic heterocycles. The van der Waals surface area contributed by atoms with Crippen LogP contribution in [-0.2, 0) is 6.42 Å². The normalized spacial score (nSPS) is 10.2. The van der Waals surface area contributed by atoms with Crippen LogP contribution in [0.15, 0.2) is 47.3 Å². The monoisotopic (exact) mass is 292 g/mol. The number of rotatable bonds is 5. The van der Waals surface area contributed by atoms with Crippen LogP contribution in [0.3, 0.4) is 0 Å². The second-order valence-electron chi connectivity index (χ2n) is 3.61. The van der Waals surface area contributed by atoms with Gasteiger partial charge in [-0.15, -0.1) is 0 Å². The molecule has 88 valence electrons. The summed E-state index contributed by atoms with van der Waals surface area (Å²) in [6.45, 7) is 0.672. The quantitative estimate of drug-likeness (QED) is 0.627. The fraction of sp³-hybridized carbons (Fsp3) is 0.231. The Labute approximate surface area is 109 Å². The van der Waals surface area contributed by atoms with Crippen LogP contribution in [0.5, 0.6) is 5.88 Å². The Bertz CT molecular complexity index is 462. The van der Waals surface area contributed by atoms with Crippen molar-refractivity contribution < 1.29 is 4.74 Å². The molecule has 0 aliphatic carbocycles. The van der Waals surface area contributed by atoms with E-state index in [4.69, 9.17) is 4.74 Å². The van der Waals surface area contributed by atoms with E-state index < -0.39 is 0 Å².